The number of hydrogen-bond donors (Lipinski definition) is 0. The average Bonchev–Trinajstić information content (AvgIpc) is 3.76. The minimum absolute atomic E-state index is 0.901. The SMILES string of the molecule is c1cc(-c2ccc3c(c2)c2ccccc2n3-c2cccc3oc4ccccc4c23)cc(-n2c3ccccc3c3ccccc32)c1. The summed E-state index contributed by atoms with van der Waals surface area (Å²) in [6.07, 6.45) is 0. The number of aromatic nitrogens is 2. The molecule has 0 fully saturated rings. The number of nitrogens with zero attached hydrogens (tertiary/aromatic N) is 2. The highest BCUT2D eigenvalue weighted by Crippen LogP contribution is 2.40. The predicted molar refractivity (Wildman–Crippen MR) is 188 cm³/mol. The molecule has 3 heterocycles. The first-order chi connectivity index (χ1) is 22.3. The van der Waals surface area contributed by atoms with E-state index in [4.69, 9.17) is 4.42 Å². The average molecular weight is 575 g/mol. The van der Waals surface area contributed by atoms with Crippen LogP contribution in [-0.4, -0.2) is 9.13 Å². The highest BCUT2D eigenvalue weighted by molar-refractivity contribution is 6.15. The normalized spacial score (nSPS) is 12.0. The van der Waals surface area contributed by atoms with Gasteiger partial charge in [0.05, 0.1) is 33.1 Å². The van der Waals surface area contributed by atoms with Gasteiger partial charge in [0.15, 0.2) is 0 Å². The quantitative estimate of drug-likeness (QED) is 0.206. The van der Waals surface area contributed by atoms with Crippen molar-refractivity contribution >= 4 is 65.6 Å². The van der Waals surface area contributed by atoms with Crippen LogP contribution in [0.4, 0.5) is 0 Å². The fourth-order valence-corrected chi connectivity index (χ4v) is 7.38. The molecule has 0 atom stereocenters. The summed E-state index contributed by atoms with van der Waals surface area (Å²) in [5.41, 5.74) is 11.3. The zero-order valence-electron chi connectivity index (χ0n) is 24.3. The molecule has 0 aliphatic heterocycles. The van der Waals surface area contributed by atoms with Crippen LogP contribution in [0.3, 0.4) is 0 Å². The molecule has 10 aromatic rings. The van der Waals surface area contributed by atoms with Gasteiger partial charge in [0.1, 0.15) is 11.2 Å². The molecule has 7 aromatic carbocycles. The summed E-state index contributed by atoms with van der Waals surface area (Å²) < 4.78 is 11.1. The van der Waals surface area contributed by atoms with Crippen LogP contribution < -0.4 is 0 Å². The highest BCUT2D eigenvalue weighted by Gasteiger charge is 2.18. The fourth-order valence-electron chi connectivity index (χ4n) is 7.38. The van der Waals surface area contributed by atoms with Crippen molar-refractivity contribution in [1.29, 1.82) is 0 Å². The molecule has 45 heavy (non-hydrogen) atoms. The molecule has 3 heteroatoms. The van der Waals surface area contributed by atoms with Crippen LogP contribution >= 0.6 is 0 Å². The molecular weight excluding hydrogens is 548 g/mol. The van der Waals surface area contributed by atoms with E-state index in [2.05, 4.69) is 155 Å². The van der Waals surface area contributed by atoms with Gasteiger partial charge in [-0.05, 0) is 71.8 Å². The predicted octanol–water partition coefficient (Wildman–Crippen LogP) is 11.4. The lowest BCUT2D eigenvalue weighted by atomic mass is 10.0. The zero-order valence-corrected chi connectivity index (χ0v) is 24.3. The van der Waals surface area contributed by atoms with E-state index in [9.17, 15) is 0 Å². The van der Waals surface area contributed by atoms with Gasteiger partial charge in [-0.3, -0.25) is 0 Å². The maximum absolute atomic E-state index is 6.27. The third-order valence-electron chi connectivity index (χ3n) is 9.31. The Morgan fingerprint density at radius 3 is 1.67 bits per heavy atom. The van der Waals surface area contributed by atoms with Crippen LogP contribution in [-0.2, 0) is 0 Å². The van der Waals surface area contributed by atoms with Gasteiger partial charge in [-0.25, -0.2) is 0 Å². The van der Waals surface area contributed by atoms with Crippen LogP contribution in [0.15, 0.2) is 162 Å². The van der Waals surface area contributed by atoms with E-state index < -0.39 is 0 Å². The van der Waals surface area contributed by atoms with Gasteiger partial charge >= 0.3 is 0 Å². The summed E-state index contributed by atoms with van der Waals surface area (Å²) in [5.74, 6) is 0. The molecule has 0 spiro atoms. The first-order valence-electron chi connectivity index (χ1n) is 15.4. The lowest BCUT2D eigenvalue weighted by molar-refractivity contribution is 0.669. The van der Waals surface area contributed by atoms with Gasteiger partial charge < -0.3 is 13.6 Å². The van der Waals surface area contributed by atoms with Gasteiger partial charge in [0.2, 0.25) is 0 Å². The van der Waals surface area contributed by atoms with Crippen LogP contribution in [0.5, 0.6) is 0 Å². The number of fused-ring (bicyclic) bond motifs is 9. The molecule has 3 aromatic heterocycles. The van der Waals surface area contributed by atoms with E-state index >= 15 is 0 Å². The van der Waals surface area contributed by atoms with Gasteiger partial charge in [-0.15, -0.1) is 0 Å². The van der Waals surface area contributed by atoms with Crippen molar-refractivity contribution < 1.29 is 4.42 Å². The monoisotopic (exact) mass is 574 g/mol. The number of furan rings is 1. The van der Waals surface area contributed by atoms with Crippen LogP contribution in [0, 0.1) is 0 Å². The first-order valence-corrected chi connectivity index (χ1v) is 15.4. The molecule has 0 aliphatic carbocycles. The Kier molecular flexibility index (Phi) is 5.00. The summed E-state index contributed by atoms with van der Waals surface area (Å²) >= 11 is 0. The van der Waals surface area contributed by atoms with Crippen molar-refractivity contribution in [3.05, 3.63) is 158 Å². The molecular formula is C42H26N2O. The summed E-state index contributed by atoms with van der Waals surface area (Å²) in [6, 6.07) is 56.6. The minimum atomic E-state index is 0.901. The topological polar surface area (TPSA) is 23.0 Å². The maximum Gasteiger partial charge on any atom is 0.137 e. The van der Waals surface area contributed by atoms with E-state index in [0.29, 0.717) is 0 Å². The molecule has 0 unspecified atom stereocenters. The van der Waals surface area contributed by atoms with E-state index in [0.717, 1.165) is 33.3 Å². The minimum Gasteiger partial charge on any atom is -0.456 e. The standard InChI is InChI=1S/C42H26N2O/c1-5-17-35-30(13-1)31-14-2-6-18-36(31)43(35)29-12-9-11-27(25-29)28-23-24-38-34(26-28)32-15-3-7-19-37(32)44(38)39-20-10-22-41-42(39)33-16-4-8-21-40(33)45-41/h1-26H. The largest absolute Gasteiger partial charge is 0.456 e. The van der Waals surface area contributed by atoms with Crippen molar-refractivity contribution in [2.24, 2.45) is 0 Å². The van der Waals surface area contributed by atoms with E-state index in [-0.39, 0.29) is 0 Å². The molecule has 0 N–H and O–H groups in total. The summed E-state index contributed by atoms with van der Waals surface area (Å²) in [7, 11) is 0. The van der Waals surface area contributed by atoms with Crippen LogP contribution in [0.25, 0.3) is 88.1 Å². The number of rotatable bonds is 3. The third-order valence-corrected chi connectivity index (χ3v) is 9.31. The van der Waals surface area contributed by atoms with Gasteiger partial charge in [-0.2, -0.15) is 0 Å². The van der Waals surface area contributed by atoms with Crippen molar-refractivity contribution in [2.75, 3.05) is 0 Å². The van der Waals surface area contributed by atoms with Gasteiger partial charge in [0.25, 0.3) is 0 Å². The summed E-state index contributed by atoms with van der Waals surface area (Å²) in [4.78, 5) is 0. The molecule has 0 radical (unpaired) electrons. The van der Waals surface area contributed by atoms with Crippen LogP contribution in [0.1, 0.15) is 0 Å². The zero-order chi connectivity index (χ0) is 29.5. The molecule has 210 valence electrons. The lowest BCUT2D eigenvalue weighted by Gasteiger charge is -2.11. The van der Waals surface area contributed by atoms with Crippen molar-refractivity contribution in [2.45, 2.75) is 0 Å². The Morgan fingerprint density at radius 2 is 0.911 bits per heavy atom. The Balaban J connectivity index is 1.19. The van der Waals surface area contributed by atoms with Gasteiger partial charge in [0, 0.05) is 32.6 Å². The van der Waals surface area contributed by atoms with Crippen LogP contribution in [0.2, 0.25) is 0 Å². The number of benzene rings is 7. The Labute approximate surface area is 258 Å². The van der Waals surface area contributed by atoms with Crippen molar-refractivity contribution in [1.82, 2.24) is 9.13 Å². The Bertz CT molecular complexity index is 2720. The second kappa shape index (κ2) is 9.22. The Morgan fingerprint density at radius 1 is 0.356 bits per heavy atom. The number of para-hydroxylation sites is 4. The molecule has 3 nitrogen and oxygen atoms in total. The molecule has 0 amide bonds. The molecule has 0 bridgehead atoms. The summed E-state index contributed by atoms with van der Waals surface area (Å²) in [6.45, 7) is 0. The smallest absolute Gasteiger partial charge is 0.137 e. The van der Waals surface area contributed by atoms with E-state index in [1.807, 2.05) is 12.1 Å². The van der Waals surface area contributed by atoms with Gasteiger partial charge in [-0.1, -0.05) is 97.1 Å². The van der Waals surface area contributed by atoms with Crippen molar-refractivity contribution in [3.8, 4) is 22.5 Å². The summed E-state index contributed by atoms with van der Waals surface area (Å²) in [5, 5.41) is 7.28. The first kappa shape index (κ1) is 24.4. The number of hydrogen-bond acceptors (Lipinski definition) is 1. The molecule has 10 rings (SSSR count). The third kappa shape index (κ3) is 3.46. The lowest BCUT2D eigenvalue weighted by Crippen LogP contribution is -1.95. The second-order valence-corrected chi connectivity index (χ2v) is 11.8. The maximum atomic E-state index is 6.27. The highest BCUT2D eigenvalue weighted by atomic mass is 16.3. The molecule has 0 saturated carbocycles. The van der Waals surface area contributed by atoms with E-state index in [1.54, 1.807) is 0 Å². The Hall–Kier alpha value is -6.06. The molecule has 0 saturated heterocycles. The van der Waals surface area contributed by atoms with Crippen molar-refractivity contribution in [3.63, 3.8) is 0 Å². The fraction of sp³-hybridized carbons (Fsp3) is 0. The second-order valence-electron chi connectivity index (χ2n) is 11.8. The van der Waals surface area contributed by atoms with E-state index in [1.165, 1.54) is 54.7 Å². The molecule has 0 aliphatic rings.